The summed E-state index contributed by atoms with van der Waals surface area (Å²) >= 11 is 1.29. The predicted molar refractivity (Wildman–Crippen MR) is 113 cm³/mol. The molecule has 0 aliphatic heterocycles. The number of nitrogens with zero attached hydrogens (tertiary/aromatic N) is 4. The lowest BCUT2D eigenvalue weighted by Gasteiger charge is -2.05. The summed E-state index contributed by atoms with van der Waals surface area (Å²) < 4.78 is 1.72. The van der Waals surface area contributed by atoms with Crippen LogP contribution in [-0.2, 0) is 4.79 Å². The fourth-order valence-corrected chi connectivity index (χ4v) is 3.29. The quantitative estimate of drug-likeness (QED) is 0.396. The summed E-state index contributed by atoms with van der Waals surface area (Å²) in [6.45, 7) is 0. The number of rotatable bonds is 5. The number of para-hydroxylation sites is 1. The van der Waals surface area contributed by atoms with Gasteiger partial charge in [-0.25, -0.2) is 9.67 Å². The van der Waals surface area contributed by atoms with E-state index in [1.807, 2.05) is 72.8 Å². The average Bonchev–Trinajstić information content (AvgIpc) is 3.43. The number of nitriles is 1. The van der Waals surface area contributed by atoms with Crippen molar-refractivity contribution in [3.8, 4) is 23.0 Å². The number of carbonyl (C=O) groups excluding carboxylic acids is 1. The van der Waals surface area contributed by atoms with Gasteiger partial charge in [-0.05, 0) is 24.3 Å². The average molecular weight is 397 g/mol. The van der Waals surface area contributed by atoms with Crippen molar-refractivity contribution in [3.63, 3.8) is 0 Å². The van der Waals surface area contributed by atoms with Gasteiger partial charge in [-0.2, -0.15) is 10.4 Å². The first-order valence-corrected chi connectivity index (χ1v) is 9.66. The summed E-state index contributed by atoms with van der Waals surface area (Å²) in [5.74, 6) is -0.510. The molecule has 2 heterocycles. The molecule has 0 fully saturated rings. The molecule has 0 radical (unpaired) electrons. The number of anilines is 1. The van der Waals surface area contributed by atoms with E-state index in [2.05, 4.69) is 10.3 Å². The maximum absolute atomic E-state index is 12.5. The van der Waals surface area contributed by atoms with Crippen LogP contribution in [0.2, 0.25) is 0 Å². The normalized spacial score (nSPS) is 11.1. The summed E-state index contributed by atoms with van der Waals surface area (Å²) in [4.78, 5) is 16.5. The Labute approximate surface area is 171 Å². The van der Waals surface area contributed by atoms with Gasteiger partial charge in [-0.1, -0.05) is 48.5 Å². The van der Waals surface area contributed by atoms with Gasteiger partial charge in [0.05, 0.1) is 17.1 Å². The molecule has 0 saturated carbocycles. The lowest BCUT2D eigenvalue weighted by molar-refractivity contribution is -0.112. The minimum absolute atomic E-state index is 0.0307. The van der Waals surface area contributed by atoms with Crippen molar-refractivity contribution >= 4 is 28.5 Å². The van der Waals surface area contributed by atoms with E-state index in [4.69, 9.17) is 5.10 Å². The summed E-state index contributed by atoms with van der Waals surface area (Å²) in [7, 11) is 0. The van der Waals surface area contributed by atoms with Gasteiger partial charge in [-0.15, -0.1) is 11.3 Å². The fraction of sp³-hybridized carbons (Fsp3) is 0. The van der Waals surface area contributed by atoms with Crippen LogP contribution in [0.3, 0.4) is 0 Å². The van der Waals surface area contributed by atoms with Crippen molar-refractivity contribution in [2.24, 2.45) is 0 Å². The molecular formula is C22H15N5OS. The largest absolute Gasteiger partial charge is 0.297 e. The highest BCUT2D eigenvalue weighted by Crippen LogP contribution is 2.23. The number of hydrogen-bond acceptors (Lipinski definition) is 5. The van der Waals surface area contributed by atoms with E-state index in [0.717, 1.165) is 16.9 Å². The van der Waals surface area contributed by atoms with E-state index < -0.39 is 5.91 Å². The Hall–Kier alpha value is -4.02. The molecular weight excluding hydrogens is 382 g/mol. The van der Waals surface area contributed by atoms with Crippen LogP contribution in [0.4, 0.5) is 5.13 Å². The van der Waals surface area contributed by atoms with Gasteiger partial charge in [0.2, 0.25) is 0 Å². The van der Waals surface area contributed by atoms with Crippen molar-refractivity contribution in [2.75, 3.05) is 5.32 Å². The smallest absolute Gasteiger partial charge is 0.268 e. The standard InChI is InChI=1S/C22H15N5OS/c23-15-17(21(28)25-22-24-11-12-29-22)13-19-14-20(16-7-3-1-4-8-16)26-27(19)18-9-5-2-6-10-18/h1-14H,(H,24,25,28). The molecule has 0 aliphatic carbocycles. The first kappa shape index (κ1) is 18.3. The Bertz CT molecular complexity index is 1190. The third kappa shape index (κ3) is 4.13. The molecule has 0 unspecified atom stereocenters. The highest BCUT2D eigenvalue weighted by Gasteiger charge is 2.15. The molecule has 0 atom stereocenters. The second kappa shape index (κ2) is 8.33. The Morgan fingerprint density at radius 2 is 1.83 bits per heavy atom. The number of amides is 1. The molecule has 4 rings (SSSR count). The van der Waals surface area contributed by atoms with Crippen LogP contribution < -0.4 is 5.32 Å². The molecule has 4 aromatic rings. The summed E-state index contributed by atoms with van der Waals surface area (Å²) in [5.41, 5.74) is 3.12. The molecule has 2 aromatic heterocycles. The molecule has 7 heteroatoms. The van der Waals surface area contributed by atoms with Gasteiger partial charge < -0.3 is 0 Å². The van der Waals surface area contributed by atoms with Gasteiger partial charge in [0, 0.05) is 17.1 Å². The summed E-state index contributed by atoms with van der Waals surface area (Å²) in [6.07, 6.45) is 3.13. The van der Waals surface area contributed by atoms with Crippen LogP contribution in [0.25, 0.3) is 23.0 Å². The molecule has 0 saturated heterocycles. The first-order chi connectivity index (χ1) is 14.2. The van der Waals surface area contributed by atoms with Crippen LogP contribution in [-0.4, -0.2) is 20.7 Å². The zero-order valence-electron chi connectivity index (χ0n) is 15.2. The molecule has 29 heavy (non-hydrogen) atoms. The highest BCUT2D eigenvalue weighted by molar-refractivity contribution is 7.13. The number of nitrogens with one attached hydrogen (secondary N) is 1. The molecule has 0 spiro atoms. The monoisotopic (exact) mass is 397 g/mol. The van der Waals surface area contributed by atoms with Crippen molar-refractivity contribution < 1.29 is 4.79 Å². The number of aromatic nitrogens is 3. The zero-order valence-corrected chi connectivity index (χ0v) is 16.0. The molecule has 1 N–H and O–H groups in total. The van der Waals surface area contributed by atoms with Gasteiger partial charge in [0.25, 0.3) is 5.91 Å². The zero-order chi connectivity index (χ0) is 20.1. The van der Waals surface area contributed by atoms with E-state index in [-0.39, 0.29) is 5.57 Å². The second-order valence-corrected chi connectivity index (χ2v) is 6.92. The van der Waals surface area contributed by atoms with Crippen LogP contribution >= 0.6 is 11.3 Å². The van der Waals surface area contributed by atoms with Gasteiger partial charge in [0.1, 0.15) is 11.6 Å². The van der Waals surface area contributed by atoms with Crippen molar-refractivity contribution in [2.45, 2.75) is 0 Å². The van der Waals surface area contributed by atoms with E-state index in [9.17, 15) is 10.1 Å². The second-order valence-electron chi connectivity index (χ2n) is 6.03. The predicted octanol–water partition coefficient (Wildman–Crippen LogP) is 4.54. The molecule has 0 aliphatic rings. The maximum Gasteiger partial charge on any atom is 0.268 e. The third-order valence-corrected chi connectivity index (χ3v) is 4.81. The molecule has 6 nitrogen and oxygen atoms in total. The van der Waals surface area contributed by atoms with Crippen molar-refractivity contribution in [1.82, 2.24) is 14.8 Å². The van der Waals surface area contributed by atoms with Crippen LogP contribution in [0, 0.1) is 11.3 Å². The van der Waals surface area contributed by atoms with E-state index in [0.29, 0.717) is 10.8 Å². The summed E-state index contributed by atoms with van der Waals surface area (Å²) in [6, 6.07) is 23.2. The Balaban J connectivity index is 1.76. The molecule has 1 amide bonds. The number of hydrogen-bond donors (Lipinski definition) is 1. The number of benzene rings is 2. The topological polar surface area (TPSA) is 83.6 Å². The van der Waals surface area contributed by atoms with Crippen LogP contribution in [0.1, 0.15) is 5.69 Å². The lowest BCUT2D eigenvalue weighted by Crippen LogP contribution is -2.13. The van der Waals surface area contributed by atoms with E-state index in [1.54, 1.807) is 16.3 Å². The fourth-order valence-electron chi connectivity index (χ4n) is 2.77. The Kier molecular flexibility index (Phi) is 5.27. The van der Waals surface area contributed by atoms with Gasteiger partial charge in [-0.3, -0.25) is 10.1 Å². The molecule has 140 valence electrons. The highest BCUT2D eigenvalue weighted by atomic mass is 32.1. The minimum atomic E-state index is -0.510. The number of carbonyl (C=O) groups is 1. The summed E-state index contributed by atoms with van der Waals surface area (Å²) in [5, 5.41) is 19.1. The SMILES string of the molecule is N#CC(=Cc1cc(-c2ccccc2)nn1-c1ccccc1)C(=O)Nc1nccs1. The lowest BCUT2D eigenvalue weighted by atomic mass is 10.1. The van der Waals surface area contributed by atoms with Crippen molar-refractivity contribution in [3.05, 3.63) is 89.6 Å². The van der Waals surface area contributed by atoms with E-state index >= 15 is 0 Å². The molecule has 0 bridgehead atoms. The van der Waals surface area contributed by atoms with Crippen LogP contribution in [0.5, 0.6) is 0 Å². The third-order valence-electron chi connectivity index (χ3n) is 4.12. The number of thiazole rings is 1. The Morgan fingerprint density at radius 1 is 1.10 bits per heavy atom. The first-order valence-electron chi connectivity index (χ1n) is 8.78. The Morgan fingerprint density at radius 3 is 2.48 bits per heavy atom. The van der Waals surface area contributed by atoms with E-state index in [1.165, 1.54) is 17.4 Å². The van der Waals surface area contributed by atoms with Crippen LogP contribution in [0.15, 0.2) is 83.9 Å². The molecule has 2 aromatic carbocycles. The van der Waals surface area contributed by atoms with Gasteiger partial charge >= 0.3 is 0 Å². The van der Waals surface area contributed by atoms with Crippen molar-refractivity contribution in [1.29, 1.82) is 5.26 Å². The minimum Gasteiger partial charge on any atom is -0.297 e. The maximum atomic E-state index is 12.5. The van der Waals surface area contributed by atoms with Gasteiger partial charge in [0.15, 0.2) is 5.13 Å².